The molecule has 0 aliphatic rings. The largest absolute Gasteiger partial charge is 0.451 e. The van der Waals surface area contributed by atoms with Crippen molar-refractivity contribution in [1.29, 1.82) is 0 Å². The SMILES string of the molecule is O=C(COC(=O)c1cc(=O)c2ccccc2[nH]1)NCCc1ccc(Cl)cc1. The zero-order chi connectivity index (χ0) is 19.2. The zero-order valence-electron chi connectivity index (χ0n) is 14.3. The number of hydrogen-bond acceptors (Lipinski definition) is 4. The van der Waals surface area contributed by atoms with Gasteiger partial charge in [0.05, 0.1) is 0 Å². The maximum absolute atomic E-state index is 12.1. The van der Waals surface area contributed by atoms with Crippen LogP contribution < -0.4 is 10.7 Å². The number of nitrogens with one attached hydrogen (secondary N) is 2. The average molecular weight is 385 g/mol. The quantitative estimate of drug-likeness (QED) is 0.639. The van der Waals surface area contributed by atoms with Crippen LogP contribution >= 0.6 is 11.6 Å². The Hall–Kier alpha value is -3.12. The van der Waals surface area contributed by atoms with Gasteiger partial charge in [0.25, 0.3) is 5.91 Å². The van der Waals surface area contributed by atoms with E-state index in [1.807, 2.05) is 12.1 Å². The van der Waals surface area contributed by atoms with E-state index < -0.39 is 18.5 Å². The van der Waals surface area contributed by atoms with Crippen LogP contribution in [0.15, 0.2) is 59.4 Å². The number of ether oxygens (including phenoxy) is 1. The Kier molecular flexibility index (Phi) is 5.88. The second-order valence-corrected chi connectivity index (χ2v) is 6.33. The molecule has 0 unspecified atom stereocenters. The van der Waals surface area contributed by atoms with Crippen molar-refractivity contribution in [2.24, 2.45) is 0 Å². The second kappa shape index (κ2) is 8.51. The topological polar surface area (TPSA) is 88.3 Å². The summed E-state index contributed by atoms with van der Waals surface area (Å²) in [6.45, 7) is -0.0147. The van der Waals surface area contributed by atoms with Crippen LogP contribution in [0.1, 0.15) is 16.1 Å². The van der Waals surface area contributed by atoms with E-state index >= 15 is 0 Å². The fourth-order valence-corrected chi connectivity index (χ4v) is 2.69. The van der Waals surface area contributed by atoms with Gasteiger partial charge in [0.1, 0.15) is 5.69 Å². The van der Waals surface area contributed by atoms with Crippen LogP contribution in [0.5, 0.6) is 0 Å². The van der Waals surface area contributed by atoms with E-state index in [2.05, 4.69) is 10.3 Å². The van der Waals surface area contributed by atoms with Crippen molar-refractivity contribution in [3.05, 3.63) is 81.1 Å². The summed E-state index contributed by atoms with van der Waals surface area (Å²) in [6.07, 6.45) is 0.634. The molecule has 0 saturated heterocycles. The molecular formula is C20H17ClN2O4. The third kappa shape index (κ3) is 4.95. The van der Waals surface area contributed by atoms with Crippen LogP contribution in [0.4, 0.5) is 0 Å². The Balaban J connectivity index is 1.50. The fourth-order valence-electron chi connectivity index (χ4n) is 2.56. The van der Waals surface area contributed by atoms with E-state index in [0.717, 1.165) is 5.56 Å². The van der Waals surface area contributed by atoms with Gasteiger partial charge in [-0.25, -0.2) is 4.79 Å². The van der Waals surface area contributed by atoms with Crippen molar-refractivity contribution in [2.75, 3.05) is 13.2 Å². The molecule has 0 radical (unpaired) electrons. The fraction of sp³-hybridized carbons (Fsp3) is 0.150. The number of rotatable bonds is 6. The number of amides is 1. The number of esters is 1. The van der Waals surface area contributed by atoms with Crippen LogP contribution in [0.3, 0.4) is 0 Å². The van der Waals surface area contributed by atoms with Gasteiger partial charge < -0.3 is 15.0 Å². The van der Waals surface area contributed by atoms with Gasteiger partial charge in [-0.1, -0.05) is 35.9 Å². The molecule has 0 bridgehead atoms. The third-order valence-electron chi connectivity index (χ3n) is 3.94. The highest BCUT2D eigenvalue weighted by atomic mass is 35.5. The number of para-hydroxylation sites is 1. The summed E-state index contributed by atoms with van der Waals surface area (Å²) in [7, 11) is 0. The molecule has 1 amide bonds. The molecule has 138 valence electrons. The minimum atomic E-state index is -0.759. The predicted molar refractivity (Wildman–Crippen MR) is 103 cm³/mol. The number of benzene rings is 2. The first-order valence-corrected chi connectivity index (χ1v) is 8.71. The van der Waals surface area contributed by atoms with Gasteiger partial charge in [0.15, 0.2) is 12.0 Å². The van der Waals surface area contributed by atoms with Crippen molar-refractivity contribution in [2.45, 2.75) is 6.42 Å². The second-order valence-electron chi connectivity index (χ2n) is 5.90. The summed E-state index contributed by atoms with van der Waals surface area (Å²) >= 11 is 5.82. The van der Waals surface area contributed by atoms with Gasteiger partial charge in [-0.15, -0.1) is 0 Å². The highest BCUT2D eigenvalue weighted by Gasteiger charge is 2.13. The number of hydrogen-bond donors (Lipinski definition) is 2. The van der Waals surface area contributed by atoms with Gasteiger partial charge in [0.2, 0.25) is 0 Å². The molecule has 0 spiro atoms. The Bertz CT molecular complexity index is 1030. The number of aromatic amines is 1. The molecule has 1 aromatic heterocycles. The minimum Gasteiger partial charge on any atom is -0.451 e. The van der Waals surface area contributed by atoms with E-state index in [4.69, 9.17) is 16.3 Å². The lowest BCUT2D eigenvalue weighted by atomic mass is 10.1. The maximum Gasteiger partial charge on any atom is 0.355 e. The lowest BCUT2D eigenvalue weighted by Crippen LogP contribution is -2.30. The molecule has 0 fully saturated rings. The van der Waals surface area contributed by atoms with Gasteiger partial charge in [-0.3, -0.25) is 9.59 Å². The third-order valence-corrected chi connectivity index (χ3v) is 4.19. The lowest BCUT2D eigenvalue weighted by molar-refractivity contribution is -0.124. The first-order chi connectivity index (χ1) is 13.0. The Morgan fingerprint density at radius 2 is 1.81 bits per heavy atom. The number of carbonyl (C=O) groups excluding carboxylic acids is 2. The summed E-state index contributed by atoms with van der Waals surface area (Å²) in [5, 5.41) is 3.81. The van der Waals surface area contributed by atoms with Crippen molar-refractivity contribution < 1.29 is 14.3 Å². The Morgan fingerprint density at radius 1 is 1.07 bits per heavy atom. The molecule has 3 aromatic rings. The molecule has 2 aromatic carbocycles. The number of aromatic nitrogens is 1. The highest BCUT2D eigenvalue weighted by molar-refractivity contribution is 6.30. The van der Waals surface area contributed by atoms with Crippen LogP contribution in [0.25, 0.3) is 10.9 Å². The normalized spacial score (nSPS) is 10.6. The van der Waals surface area contributed by atoms with Gasteiger partial charge in [-0.2, -0.15) is 0 Å². The first kappa shape index (κ1) is 18.7. The monoisotopic (exact) mass is 384 g/mol. The molecule has 0 aliphatic heterocycles. The number of H-pyrrole nitrogens is 1. The number of carbonyl (C=O) groups is 2. The smallest absolute Gasteiger partial charge is 0.355 e. The molecular weight excluding hydrogens is 368 g/mol. The van der Waals surface area contributed by atoms with Crippen LogP contribution in [0.2, 0.25) is 5.02 Å². The molecule has 2 N–H and O–H groups in total. The summed E-state index contributed by atoms with van der Waals surface area (Å²) in [5.74, 6) is -1.17. The first-order valence-electron chi connectivity index (χ1n) is 8.33. The van der Waals surface area contributed by atoms with Crippen LogP contribution in [-0.2, 0) is 16.0 Å². The summed E-state index contributed by atoms with van der Waals surface area (Å²) in [4.78, 5) is 38.8. The average Bonchev–Trinajstić information content (AvgIpc) is 2.67. The van der Waals surface area contributed by atoms with Gasteiger partial charge in [0, 0.05) is 28.5 Å². The van der Waals surface area contributed by atoms with Crippen LogP contribution in [0, 0.1) is 0 Å². The predicted octanol–water partition coefficient (Wildman–Crippen LogP) is 2.70. The number of halogens is 1. The number of fused-ring (bicyclic) bond motifs is 1. The van der Waals surface area contributed by atoms with Crippen molar-refractivity contribution >= 4 is 34.4 Å². The summed E-state index contributed by atoms with van der Waals surface area (Å²) in [6, 6.07) is 15.3. The molecule has 3 rings (SSSR count). The number of pyridine rings is 1. The van der Waals surface area contributed by atoms with Gasteiger partial charge >= 0.3 is 5.97 Å². The van der Waals surface area contributed by atoms with E-state index in [0.29, 0.717) is 28.9 Å². The zero-order valence-corrected chi connectivity index (χ0v) is 15.1. The molecule has 27 heavy (non-hydrogen) atoms. The van der Waals surface area contributed by atoms with Crippen molar-refractivity contribution in [3.63, 3.8) is 0 Å². The summed E-state index contributed by atoms with van der Waals surface area (Å²) in [5.41, 5.74) is 1.28. The Morgan fingerprint density at radius 3 is 2.59 bits per heavy atom. The van der Waals surface area contributed by atoms with E-state index in [1.165, 1.54) is 6.07 Å². The summed E-state index contributed by atoms with van der Waals surface area (Å²) < 4.78 is 4.97. The van der Waals surface area contributed by atoms with Crippen molar-refractivity contribution in [3.8, 4) is 0 Å². The van der Waals surface area contributed by atoms with E-state index in [1.54, 1.807) is 36.4 Å². The highest BCUT2D eigenvalue weighted by Crippen LogP contribution is 2.10. The van der Waals surface area contributed by atoms with Gasteiger partial charge in [-0.05, 0) is 36.2 Å². The standard InChI is InChI=1S/C20H17ClN2O4/c21-14-7-5-13(6-8-14)9-10-22-19(25)12-27-20(26)17-11-18(24)15-3-1-2-4-16(15)23-17/h1-8,11H,9-10,12H2,(H,22,25)(H,23,24). The maximum atomic E-state index is 12.1. The minimum absolute atomic E-state index is 0.00710. The van der Waals surface area contributed by atoms with E-state index in [-0.39, 0.29) is 11.1 Å². The molecule has 0 aliphatic carbocycles. The van der Waals surface area contributed by atoms with Crippen molar-refractivity contribution in [1.82, 2.24) is 10.3 Å². The molecule has 0 saturated carbocycles. The Labute approximate surface area is 160 Å². The molecule has 1 heterocycles. The molecule has 6 nitrogen and oxygen atoms in total. The molecule has 7 heteroatoms. The molecule has 0 atom stereocenters. The van der Waals surface area contributed by atoms with Crippen LogP contribution in [-0.4, -0.2) is 30.0 Å². The van der Waals surface area contributed by atoms with E-state index in [9.17, 15) is 14.4 Å². The lowest BCUT2D eigenvalue weighted by Gasteiger charge is -2.07.